The van der Waals surface area contributed by atoms with Crippen molar-refractivity contribution in [3.63, 3.8) is 0 Å². The Morgan fingerprint density at radius 1 is 1.21 bits per heavy atom. The minimum Gasteiger partial charge on any atom is -0.355 e. The van der Waals surface area contributed by atoms with E-state index in [0.717, 1.165) is 11.1 Å². The van der Waals surface area contributed by atoms with Gasteiger partial charge < -0.3 is 10.2 Å². The zero-order valence-corrected chi connectivity index (χ0v) is 18.4. The van der Waals surface area contributed by atoms with Crippen molar-refractivity contribution < 1.29 is 14.0 Å². The number of carbonyl (C=O) groups is 2. The predicted octanol–water partition coefficient (Wildman–Crippen LogP) is 4.57. The highest BCUT2D eigenvalue weighted by Gasteiger charge is 2.26. The van der Waals surface area contributed by atoms with Crippen molar-refractivity contribution in [3.8, 4) is 0 Å². The number of hydrogen-bond acceptors (Lipinski definition) is 3. The SMILES string of the molecule is CCNC(=O)C(C)N(Cc1ccccc1C)C(=O)CSCc1c(F)cccc1Cl. The lowest BCUT2D eigenvalue weighted by atomic mass is 10.1. The van der Waals surface area contributed by atoms with Crippen molar-refractivity contribution in [1.29, 1.82) is 0 Å². The first kappa shape index (κ1) is 23.2. The van der Waals surface area contributed by atoms with Crippen LogP contribution >= 0.6 is 23.4 Å². The molecule has 1 unspecified atom stereocenters. The normalized spacial score (nSPS) is 11.8. The number of amides is 2. The van der Waals surface area contributed by atoms with Crippen LogP contribution in [0.4, 0.5) is 4.39 Å². The number of thioether (sulfide) groups is 1. The first-order chi connectivity index (χ1) is 13.8. The Bertz CT molecular complexity index is 842. The predicted molar refractivity (Wildman–Crippen MR) is 117 cm³/mol. The molecule has 2 aromatic carbocycles. The molecule has 156 valence electrons. The Labute approximate surface area is 180 Å². The fraction of sp³-hybridized carbons (Fsp3) is 0.364. The standard InChI is InChI=1S/C22H26ClFN2O2S/c1-4-25-22(28)16(3)26(12-17-9-6-5-8-15(17)2)21(27)14-29-13-18-19(23)10-7-11-20(18)24/h5-11,16H,4,12-14H2,1-3H3,(H,25,28). The summed E-state index contributed by atoms with van der Waals surface area (Å²) in [6, 6.07) is 11.7. The first-order valence-corrected chi connectivity index (χ1v) is 11.0. The number of likely N-dealkylation sites (N-methyl/N-ethyl adjacent to an activating group) is 1. The number of hydrogen-bond donors (Lipinski definition) is 1. The lowest BCUT2D eigenvalue weighted by Crippen LogP contribution is -2.48. The fourth-order valence-corrected chi connectivity index (χ4v) is 4.12. The van der Waals surface area contributed by atoms with E-state index in [-0.39, 0.29) is 29.1 Å². The molecule has 2 rings (SSSR count). The zero-order chi connectivity index (χ0) is 21.4. The monoisotopic (exact) mass is 436 g/mol. The smallest absolute Gasteiger partial charge is 0.242 e. The van der Waals surface area contributed by atoms with Gasteiger partial charge in [-0.3, -0.25) is 9.59 Å². The fourth-order valence-electron chi connectivity index (χ4n) is 2.87. The molecular formula is C22H26ClFN2O2S. The first-order valence-electron chi connectivity index (χ1n) is 9.47. The quantitative estimate of drug-likeness (QED) is 0.626. The van der Waals surface area contributed by atoms with Gasteiger partial charge in [0.05, 0.1) is 5.75 Å². The Morgan fingerprint density at radius 3 is 2.59 bits per heavy atom. The summed E-state index contributed by atoms with van der Waals surface area (Å²) < 4.78 is 13.9. The molecule has 0 aliphatic carbocycles. The highest BCUT2D eigenvalue weighted by molar-refractivity contribution is 7.99. The lowest BCUT2D eigenvalue weighted by Gasteiger charge is -2.29. The van der Waals surface area contributed by atoms with E-state index in [1.165, 1.54) is 17.8 Å². The van der Waals surface area contributed by atoms with Crippen LogP contribution in [-0.2, 0) is 21.9 Å². The number of carbonyl (C=O) groups excluding carboxylic acids is 2. The van der Waals surface area contributed by atoms with E-state index in [0.29, 0.717) is 23.7 Å². The van der Waals surface area contributed by atoms with Crippen LogP contribution in [0.2, 0.25) is 5.02 Å². The van der Waals surface area contributed by atoms with Gasteiger partial charge in [-0.1, -0.05) is 41.9 Å². The van der Waals surface area contributed by atoms with E-state index in [9.17, 15) is 14.0 Å². The molecule has 0 aliphatic rings. The third-order valence-corrected chi connectivity index (χ3v) is 5.95. The third-order valence-electron chi connectivity index (χ3n) is 4.65. The van der Waals surface area contributed by atoms with Gasteiger partial charge in [-0.15, -0.1) is 11.8 Å². The molecule has 7 heteroatoms. The van der Waals surface area contributed by atoms with Gasteiger partial charge in [-0.25, -0.2) is 4.39 Å². The number of benzene rings is 2. The van der Waals surface area contributed by atoms with Crippen LogP contribution in [0.1, 0.15) is 30.5 Å². The maximum atomic E-state index is 13.9. The molecule has 2 amide bonds. The molecule has 0 aliphatic heterocycles. The second-order valence-electron chi connectivity index (χ2n) is 6.71. The minimum absolute atomic E-state index is 0.125. The Kier molecular flexibility index (Phi) is 8.99. The summed E-state index contributed by atoms with van der Waals surface area (Å²) in [5.41, 5.74) is 2.42. The molecule has 0 spiro atoms. The molecule has 2 aromatic rings. The molecule has 0 aromatic heterocycles. The maximum absolute atomic E-state index is 13.9. The number of aryl methyl sites for hydroxylation is 1. The summed E-state index contributed by atoms with van der Waals surface area (Å²) in [6.45, 7) is 6.37. The number of nitrogens with zero attached hydrogens (tertiary/aromatic N) is 1. The van der Waals surface area contributed by atoms with Crippen molar-refractivity contribution >= 4 is 35.2 Å². The van der Waals surface area contributed by atoms with Crippen LogP contribution in [0.5, 0.6) is 0 Å². The summed E-state index contributed by atoms with van der Waals surface area (Å²) in [4.78, 5) is 26.9. The summed E-state index contributed by atoms with van der Waals surface area (Å²) in [7, 11) is 0. The van der Waals surface area contributed by atoms with Gasteiger partial charge in [-0.2, -0.15) is 0 Å². The van der Waals surface area contributed by atoms with Gasteiger partial charge in [0.1, 0.15) is 11.9 Å². The van der Waals surface area contributed by atoms with Gasteiger partial charge in [0.2, 0.25) is 11.8 Å². The molecule has 0 fully saturated rings. The molecule has 1 atom stereocenters. The Balaban J connectivity index is 2.11. The van der Waals surface area contributed by atoms with Crippen LogP contribution in [0, 0.1) is 12.7 Å². The van der Waals surface area contributed by atoms with Crippen molar-refractivity contribution in [2.75, 3.05) is 12.3 Å². The molecule has 0 radical (unpaired) electrons. The number of nitrogens with one attached hydrogen (secondary N) is 1. The molecule has 0 saturated carbocycles. The van der Waals surface area contributed by atoms with Crippen LogP contribution in [-0.4, -0.2) is 35.1 Å². The van der Waals surface area contributed by atoms with Crippen molar-refractivity contribution in [2.24, 2.45) is 0 Å². The van der Waals surface area contributed by atoms with E-state index >= 15 is 0 Å². The lowest BCUT2D eigenvalue weighted by molar-refractivity contribution is -0.138. The van der Waals surface area contributed by atoms with Gasteiger partial charge in [-0.05, 0) is 44.0 Å². The second-order valence-corrected chi connectivity index (χ2v) is 8.10. The summed E-state index contributed by atoms with van der Waals surface area (Å²) in [5, 5.41) is 3.12. The Morgan fingerprint density at radius 2 is 1.93 bits per heavy atom. The number of rotatable bonds is 9. The van der Waals surface area contributed by atoms with Gasteiger partial charge in [0.25, 0.3) is 0 Å². The van der Waals surface area contributed by atoms with E-state index in [1.807, 2.05) is 38.1 Å². The van der Waals surface area contributed by atoms with E-state index < -0.39 is 6.04 Å². The number of halogens is 2. The molecule has 4 nitrogen and oxygen atoms in total. The molecule has 29 heavy (non-hydrogen) atoms. The van der Waals surface area contributed by atoms with Gasteiger partial charge in [0.15, 0.2) is 0 Å². The second kappa shape index (κ2) is 11.2. The van der Waals surface area contributed by atoms with Crippen molar-refractivity contribution in [3.05, 3.63) is 70.0 Å². The van der Waals surface area contributed by atoms with E-state index in [4.69, 9.17) is 11.6 Å². The van der Waals surface area contributed by atoms with Gasteiger partial charge in [0, 0.05) is 29.4 Å². The van der Waals surface area contributed by atoms with Gasteiger partial charge >= 0.3 is 0 Å². The summed E-state index contributed by atoms with van der Waals surface area (Å²) in [6.07, 6.45) is 0. The molecular weight excluding hydrogens is 411 g/mol. The maximum Gasteiger partial charge on any atom is 0.242 e. The van der Waals surface area contributed by atoms with Crippen LogP contribution in [0.25, 0.3) is 0 Å². The van der Waals surface area contributed by atoms with E-state index in [2.05, 4.69) is 5.32 Å². The third kappa shape index (κ3) is 6.47. The highest BCUT2D eigenvalue weighted by Crippen LogP contribution is 2.24. The average molecular weight is 437 g/mol. The Hall–Kier alpha value is -2.05. The van der Waals surface area contributed by atoms with Crippen molar-refractivity contribution in [1.82, 2.24) is 10.2 Å². The molecule has 1 N–H and O–H groups in total. The summed E-state index contributed by atoms with van der Waals surface area (Å²) >= 11 is 7.34. The van der Waals surface area contributed by atoms with Crippen LogP contribution in [0.3, 0.4) is 0 Å². The molecule has 0 bridgehead atoms. The topological polar surface area (TPSA) is 49.4 Å². The van der Waals surface area contributed by atoms with Crippen LogP contribution in [0.15, 0.2) is 42.5 Å². The largest absolute Gasteiger partial charge is 0.355 e. The van der Waals surface area contributed by atoms with Crippen LogP contribution < -0.4 is 5.32 Å². The average Bonchev–Trinajstić information content (AvgIpc) is 2.69. The highest BCUT2D eigenvalue weighted by atomic mass is 35.5. The van der Waals surface area contributed by atoms with E-state index in [1.54, 1.807) is 24.0 Å². The van der Waals surface area contributed by atoms with Crippen molar-refractivity contribution in [2.45, 2.75) is 39.1 Å². The zero-order valence-electron chi connectivity index (χ0n) is 16.9. The molecule has 0 heterocycles. The molecule has 0 saturated heterocycles. The summed E-state index contributed by atoms with van der Waals surface area (Å²) in [5.74, 6) is -0.350. The minimum atomic E-state index is -0.611.